The zero-order valence-electron chi connectivity index (χ0n) is 9.10. The number of halogens is 1. The van der Waals surface area contributed by atoms with E-state index >= 15 is 0 Å². The molecule has 16 heavy (non-hydrogen) atoms. The van der Waals surface area contributed by atoms with Gasteiger partial charge < -0.3 is 0 Å². The molecular weight excluding hydrogens is 231 g/mol. The summed E-state index contributed by atoms with van der Waals surface area (Å²) in [5.74, 6) is 0. The van der Waals surface area contributed by atoms with Crippen LogP contribution in [-0.4, -0.2) is 8.42 Å². The summed E-state index contributed by atoms with van der Waals surface area (Å²) >= 11 is 0. The fourth-order valence-electron chi connectivity index (χ4n) is 1.30. The lowest BCUT2D eigenvalue weighted by molar-refractivity contribution is 0.00285. The molecule has 0 unspecified atom stereocenters. The molecule has 0 spiro atoms. The van der Waals surface area contributed by atoms with Gasteiger partial charge in [-0.1, -0.05) is 22.6 Å². The van der Waals surface area contributed by atoms with Crippen LogP contribution in [0.15, 0.2) is 35.2 Å². The molecule has 0 aliphatic heterocycles. The molecule has 1 aromatic carbocycles. The van der Waals surface area contributed by atoms with Crippen molar-refractivity contribution in [1.82, 2.24) is 0 Å². The molecular formula is C11H13FO3S. The summed E-state index contributed by atoms with van der Waals surface area (Å²) in [6.45, 7) is 3.74. The molecule has 0 fully saturated rings. The lowest BCUT2D eigenvalue weighted by Gasteiger charge is -2.05. The van der Waals surface area contributed by atoms with Gasteiger partial charge in [0.15, 0.2) is 0 Å². The summed E-state index contributed by atoms with van der Waals surface area (Å²) in [5, 5.41) is 0. The van der Waals surface area contributed by atoms with Crippen LogP contribution in [-0.2, 0) is 20.9 Å². The van der Waals surface area contributed by atoms with Crippen LogP contribution in [0.5, 0.6) is 0 Å². The van der Waals surface area contributed by atoms with E-state index in [1.165, 1.54) is 12.1 Å². The van der Waals surface area contributed by atoms with Crippen molar-refractivity contribution < 1.29 is 17.3 Å². The molecule has 88 valence electrons. The summed E-state index contributed by atoms with van der Waals surface area (Å²) in [5.41, 5.74) is 1.78. The average Bonchev–Trinajstić information content (AvgIpc) is 2.27. The summed E-state index contributed by atoms with van der Waals surface area (Å²) in [6, 6.07) is 4.37. The quantitative estimate of drug-likeness (QED) is 0.765. The molecule has 0 N–H and O–H groups in total. The minimum absolute atomic E-state index is 0.167. The number of benzene rings is 1. The van der Waals surface area contributed by atoms with E-state index < -0.39 is 10.1 Å². The maximum atomic E-state index is 11.8. The Morgan fingerprint density at radius 3 is 2.69 bits per heavy atom. The first-order chi connectivity index (χ1) is 7.51. The van der Waals surface area contributed by atoms with Gasteiger partial charge in [-0.2, -0.15) is 8.42 Å². The molecule has 0 bridgehead atoms. The van der Waals surface area contributed by atoms with Crippen molar-refractivity contribution in [2.45, 2.75) is 25.2 Å². The summed E-state index contributed by atoms with van der Waals surface area (Å²) in [4.78, 5) is -0.167. The maximum Gasteiger partial charge on any atom is 0.327 e. The van der Waals surface area contributed by atoms with E-state index in [2.05, 4.69) is 4.39 Å². The van der Waals surface area contributed by atoms with Gasteiger partial charge in [0.2, 0.25) is 0 Å². The number of aryl methyl sites for hydroxylation is 1. The highest BCUT2D eigenvalue weighted by Crippen LogP contribution is 2.18. The van der Waals surface area contributed by atoms with Gasteiger partial charge >= 0.3 is 10.1 Å². The SMILES string of the molecule is CC=CCc1cc(S(=O)(=O)OF)ccc1C. The Kier molecular flexibility index (Phi) is 4.20. The van der Waals surface area contributed by atoms with Gasteiger partial charge in [-0.3, -0.25) is 0 Å². The van der Waals surface area contributed by atoms with Gasteiger partial charge in [-0.25, -0.2) is 0 Å². The molecule has 0 aliphatic carbocycles. The highest BCUT2D eigenvalue weighted by atomic mass is 32.2. The average molecular weight is 244 g/mol. The molecule has 0 aliphatic rings. The Morgan fingerprint density at radius 1 is 1.44 bits per heavy atom. The van der Waals surface area contributed by atoms with Crippen molar-refractivity contribution in [1.29, 1.82) is 0 Å². The van der Waals surface area contributed by atoms with Crippen LogP contribution in [0.3, 0.4) is 0 Å². The summed E-state index contributed by atoms with van der Waals surface area (Å²) in [6.07, 6.45) is 4.37. The van der Waals surface area contributed by atoms with Crippen LogP contribution in [0.2, 0.25) is 0 Å². The normalized spacial score (nSPS) is 12.2. The summed E-state index contributed by atoms with van der Waals surface area (Å²) < 4.78 is 37.1. The van der Waals surface area contributed by atoms with Crippen LogP contribution < -0.4 is 0 Å². The van der Waals surface area contributed by atoms with Crippen molar-refractivity contribution in [2.75, 3.05) is 0 Å². The lowest BCUT2D eigenvalue weighted by atomic mass is 10.1. The Labute approximate surface area is 94.6 Å². The van der Waals surface area contributed by atoms with Gasteiger partial charge in [-0.05, 0) is 48.1 Å². The van der Waals surface area contributed by atoms with E-state index in [9.17, 15) is 12.9 Å². The molecule has 5 heteroatoms. The Hall–Kier alpha value is -1.20. The Balaban J connectivity index is 3.17. The third kappa shape index (κ3) is 2.90. The van der Waals surface area contributed by atoms with Crippen LogP contribution in [0, 0.1) is 6.92 Å². The topological polar surface area (TPSA) is 43.4 Å². The minimum Gasteiger partial charge on any atom is -0.191 e. The van der Waals surface area contributed by atoms with Crippen molar-refractivity contribution in [3.05, 3.63) is 41.5 Å². The molecule has 0 heterocycles. The van der Waals surface area contributed by atoms with Gasteiger partial charge in [0.25, 0.3) is 0 Å². The number of hydrogen-bond donors (Lipinski definition) is 0. The molecule has 1 aromatic rings. The molecule has 1 rings (SSSR count). The lowest BCUT2D eigenvalue weighted by Crippen LogP contribution is -2.02. The third-order valence-corrected chi connectivity index (χ3v) is 3.26. The fourth-order valence-corrected chi connectivity index (χ4v) is 1.90. The Bertz CT molecular complexity index is 492. The third-order valence-electron chi connectivity index (χ3n) is 2.27. The highest BCUT2D eigenvalue weighted by Gasteiger charge is 2.16. The molecule has 0 amide bonds. The predicted molar refractivity (Wildman–Crippen MR) is 59.1 cm³/mol. The second-order valence-corrected chi connectivity index (χ2v) is 4.88. The van der Waals surface area contributed by atoms with Crippen molar-refractivity contribution in [3.8, 4) is 0 Å². The van der Waals surface area contributed by atoms with Crippen LogP contribution in [0.4, 0.5) is 4.53 Å². The first kappa shape index (κ1) is 12.9. The van der Waals surface area contributed by atoms with Crippen molar-refractivity contribution in [3.63, 3.8) is 0 Å². The Morgan fingerprint density at radius 2 is 2.12 bits per heavy atom. The van der Waals surface area contributed by atoms with Crippen LogP contribution in [0.25, 0.3) is 0 Å². The van der Waals surface area contributed by atoms with Crippen molar-refractivity contribution >= 4 is 10.1 Å². The number of rotatable bonds is 4. The molecule has 3 nitrogen and oxygen atoms in total. The number of hydrogen-bond acceptors (Lipinski definition) is 3. The molecule has 0 atom stereocenters. The second-order valence-electron chi connectivity index (χ2n) is 3.38. The largest absolute Gasteiger partial charge is 0.327 e. The van der Waals surface area contributed by atoms with Crippen LogP contribution in [0.1, 0.15) is 18.1 Å². The predicted octanol–water partition coefficient (Wildman–Crippen LogP) is 2.70. The van der Waals surface area contributed by atoms with E-state index in [-0.39, 0.29) is 4.90 Å². The van der Waals surface area contributed by atoms with E-state index in [1.54, 1.807) is 6.07 Å². The second kappa shape index (κ2) is 5.23. The smallest absolute Gasteiger partial charge is 0.191 e. The van der Waals surface area contributed by atoms with Gasteiger partial charge in [0, 0.05) is 0 Å². The highest BCUT2D eigenvalue weighted by molar-refractivity contribution is 7.86. The number of allylic oxidation sites excluding steroid dienone is 2. The maximum absolute atomic E-state index is 11.8. The monoisotopic (exact) mass is 244 g/mol. The van der Waals surface area contributed by atoms with Crippen LogP contribution >= 0.6 is 0 Å². The minimum atomic E-state index is -4.25. The van der Waals surface area contributed by atoms with Gasteiger partial charge in [0.05, 0.1) is 4.90 Å². The standard InChI is InChI=1S/C11H13FO3S/c1-3-4-5-10-8-11(7-6-9(10)2)16(13,14)15-12/h3-4,6-8H,5H2,1-2H3. The van der Waals surface area contributed by atoms with E-state index in [4.69, 9.17) is 0 Å². The summed E-state index contributed by atoms with van der Waals surface area (Å²) in [7, 11) is -4.25. The van der Waals surface area contributed by atoms with Gasteiger partial charge in [-0.15, -0.1) is 0 Å². The first-order valence-electron chi connectivity index (χ1n) is 4.77. The van der Waals surface area contributed by atoms with E-state index in [0.717, 1.165) is 11.1 Å². The molecule has 0 saturated carbocycles. The van der Waals surface area contributed by atoms with Gasteiger partial charge in [0.1, 0.15) is 0 Å². The zero-order valence-corrected chi connectivity index (χ0v) is 9.92. The van der Waals surface area contributed by atoms with E-state index in [0.29, 0.717) is 6.42 Å². The molecule has 0 aromatic heterocycles. The first-order valence-corrected chi connectivity index (χ1v) is 6.18. The molecule has 0 saturated heterocycles. The molecule has 0 radical (unpaired) electrons. The van der Waals surface area contributed by atoms with Crippen molar-refractivity contribution in [2.24, 2.45) is 0 Å². The fraction of sp³-hybridized carbons (Fsp3) is 0.273. The zero-order chi connectivity index (χ0) is 12.2. The van der Waals surface area contributed by atoms with E-state index in [1.807, 2.05) is 26.0 Å².